The van der Waals surface area contributed by atoms with E-state index < -0.39 is 12.1 Å². The molecule has 31 heavy (non-hydrogen) atoms. The highest BCUT2D eigenvalue weighted by Gasteiger charge is 2.38. The van der Waals surface area contributed by atoms with Crippen molar-refractivity contribution in [3.8, 4) is 17.2 Å². The van der Waals surface area contributed by atoms with Crippen molar-refractivity contribution in [1.82, 2.24) is 10.2 Å². The molecular formula is C21H29F3N2O5. The number of ether oxygens (including phenoxy) is 3. The first kappa shape index (κ1) is 24.6. The van der Waals surface area contributed by atoms with E-state index in [1.54, 1.807) is 17.0 Å². The number of piperidine rings is 1. The van der Waals surface area contributed by atoms with Gasteiger partial charge in [-0.1, -0.05) is 0 Å². The number of halogens is 3. The summed E-state index contributed by atoms with van der Waals surface area (Å²) in [6.45, 7) is 7.37. The quantitative estimate of drug-likeness (QED) is 0.629. The molecule has 1 fully saturated rings. The fraction of sp³-hybridized carbons (Fsp3) is 0.619. The molecule has 1 saturated heterocycles. The van der Waals surface area contributed by atoms with Crippen LogP contribution in [0.2, 0.25) is 0 Å². The monoisotopic (exact) mass is 446 g/mol. The topological polar surface area (TPSA) is 77.1 Å². The molecule has 2 amide bonds. The number of likely N-dealkylation sites (tertiary alicyclic amines) is 1. The third-order valence-electron chi connectivity index (χ3n) is 4.87. The van der Waals surface area contributed by atoms with Crippen LogP contribution in [0.15, 0.2) is 12.1 Å². The fourth-order valence-electron chi connectivity index (χ4n) is 3.37. The summed E-state index contributed by atoms with van der Waals surface area (Å²) in [7, 11) is 0. The van der Waals surface area contributed by atoms with E-state index in [0.29, 0.717) is 68.6 Å². The summed E-state index contributed by atoms with van der Waals surface area (Å²) >= 11 is 0. The minimum atomic E-state index is -4.89. The van der Waals surface area contributed by atoms with Crippen molar-refractivity contribution < 1.29 is 37.0 Å². The van der Waals surface area contributed by atoms with E-state index in [9.17, 15) is 22.8 Å². The van der Waals surface area contributed by atoms with Gasteiger partial charge >= 0.3 is 12.1 Å². The van der Waals surface area contributed by atoms with Gasteiger partial charge < -0.3 is 24.4 Å². The number of nitrogens with one attached hydrogen (secondary N) is 1. The summed E-state index contributed by atoms with van der Waals surface area (Å²) < 4.78 is 53.9. The Hall–Kier alpha value is -2.65. The lowest BCUT2D eigenvalue weighted by Gasteiger charge is -2.32. The number of hydrogen-bond acceptors (Lipinski definition) is 5. The second kappa shape index (κ2) is 11.1. The van der Waals surface area contributed by atoms with Gasteiger partial charge in [0.15, 0.2) is 11.5 Å². The van der Waals surface area contributed by atoms with Crippen LogP contribution < -0.4 is 19.5 Å². The molecule has 1 aromatic carbocycles. The lowest BCUT2D eigenvalue weighted by molar-refractivity contribution is -0.173. The van der Waals surface area contributed by atoms with Crippen LogP contribution in [0.5, 0.6) is 17.2 Å². The molecular weight excluding hydrogens is 417 g/mol. The van der Waals surface area contributed by atoms with Gasteiger partial charge in [-0.05, 0) is 51.7 Å². The van der Waals surface area contributed by atoms with Crippen molar-refractivity contribution in [2.24, 2.45) is 5.92 Å². The third-order valence-corrected chi connectivity index (χ3v) is 4.87. The van der Waals surface area contributed by atoms with Gasteiger partial charge in [-0.3, -0.25) is 9.59 Å². The molecule has 2 rings (SSSR count). The molecule has 10 heteroatoms. The summed E-state index contributed by atoms with van der Waals surface area (Å²) in [4.78, 5) is 25.7. The maximum absolute atomic E-state index is 13.0. The molecule has 0 unspecified atom stereocenters. The standard InChI is InChI=1S/C21H29F3N2O5/c1-4-29-16-11-15(12-17(30-5-2)18(16)31-6-3)19(27)26-9-7-14(8-10-26)13-25-20(28)21(22,23)24/h11-12,14H,4-10,13H2,1-3H3,(H,25,28). The van der Waals surface area contributed by atoms with Crippen molar-refractivity contribution in [3.05, 3.63) is 17.7 Å². The second-order valence-corrected chi connectivity index (χ2v) is 7.04. The maximum Gasteiger partial charge on any atom is 0.471 e. The first-order chi connectivity index (χ1) is 14.7. The van der Waals surface area contributed by atoms with Crippen LogP contribution in [0.25, 0.3) is 0 Å². The summed E-state index contributed by atoms with van der Waals surface area (Å²) in [5, 5.41) is 1.91. The van der Waals surface area contributed by atoms with Gasteiger partial charge in [0.25, 0.3) is 5.91 Å². The average molecular weight is 446 g/mol. The Bertz CT molecular complexity index is 735. The van der Waals surface area contributed by atoms with Crippen molar-refractivity contribution in [3.63, 3.8) is 0 Å². The summed E-state index contributed by atoms with van der Waals surface area (Å²) in [6.07, 6.45) is -3.89. The molecule has 0 radical (unpaired) electrons. The largest absolute Gasteiger partial charge is 0.490 e. The number of rotatable bonds is 9. The molecule has 1 aromatic rings. The molecule has 0 aromatic heterocycles. The number of hydrogen-bond donors (Lipinski definition) is 1. The highest BCUT2D eigenvalue weighted by molar-refractivity contribution is 5.95. The minimum Gasteiger partial charge on any atom is -0.490 e. The molecule has 1 N–H and O–H groups in total. The van der Waals surface area contributed by atoms with E-state index in [4.69, 9.17) is 14.2 Å². The van der Waals surface area contributed by atoms with Crippen LogP contribution in [-0.2, 0) is 4.79 Å². The van der Waals surface area contributed by atoms with E-state index in [1.165, 1.54) is 0 Å². The van der Waals surface area contributed by atoms with Crippen molar-refractivity contribution in [2.45, 2.75) is 39.8 Å². The smallest absolute Gasteiger partial charge is 0.471 e. The highest BCUT2D eigenvalue weighted by atomic mass is 19.4. The zero-order valence-corrected chi connectivity index (χ0v) is 18.0. The van der Waals surface area contributed by atoms with E-state index in [0.717, 1.165) is 0 Å². The van der Waals surface area contributed by atoms with Gasteiger partial charge in [-0.15, -0.1) is 0 Å². The third kappa shape index (κ3) is 6.67. The van der Waals surface area contributed by atoms with E-state index in [2.05, 4.69) is 0 Å². The fourth-order valence-corrected chi connectivity index (χ4v) is 3.37. The Labute approximate surface area is 179 Å². The molecule has 0 spiro atoms. The van der Waals surface area contributed by atoms with Crippen LogP contribution in [-0.4, -0.2) is 62.3 Å². The predicted octanol–water partition coefficient (Wildman–Crippen LogP) is 3.41. The molecule has 7 nitrogen and oxygen atoms in total. The number of carbonyl (C=O) groups excluding carboxylic acids is 2. The zero-order valence-electron chi connectivity index (χ0n) is 18.0. The minimum absolute atomic E-state index is 0.0631. The normalized spacial score (nSPS) is 14.8. The van der Waals surface area contributed by atoms with Crippen molar-refractivity contribution in [2.75, 3.05) is 39.5 Å². The molecule has 174 valence electrons. The number of carbonyl (C=O) groups is 2. The molecule has 0 aliphatic carbocycles. The van der Waals surface area contributed by atoms with Crippen LogP contribution in [0, 0.1) is 5.92 Å². The summed E-state index contributed by atoms with van der Waals surface area (Å²) in [5.41, 5.74) is 0.388. The number of amides is 2. The number of nitrogens with zero attached hydrogens (tertiary/aromatic N) is 1. The lowest BCUT2D eigenvalue weighted by atomic mass is 9.96. The molecule has 0 saturated carbocycles. The second-order valence-electron chi connectivity index (χ2n) is 7.04. The molecule has 0 atom stereocenters. The van der Waals surface area contributed by atoms with Gasteiger partial charge in [0.05, 0.1) is 19.8 Å². The Morgan fingerprint density at radius 2 is 1.52 bits per heavy atom. The SMILES string of the molecule is CCOc1cc(C(=O)N2CCC(CNC(=O)C(F)(F)F)CC2)cc(OCC)c1OCC. The van der Waals surface area contributed by atoms with Gasteiger partial charge in [-0.2, -0.15) is 13.2 Å². The maximum atomic E-state index is 13.0. The van der Waals surface area contributed by atoms with Crippen LogP contribution >= 0.6 is 0 Å². The first-order valence-electron chi connectivity index (χ1n) is 10.4. The molecule has 1 aliphatic heterocycles. The molecule has 1 heterocycles. The summed E-state index contributed by atoms with van der Waals surface area (Å²) in [5.74, 6) is -0.989. The van der Waals surface area contributed by atoms with Gasteiger partial charge in [0.1, 0.15) is 0 Å². The Balaban J connectivity index is 2.07. The van der Waals surface area contributed by atoms with Crippen LogP contribution in [0.3, 0.4) is 0 Å². The predicted molar refractivity (Wildman–Crippen MR) is 108 cm³/mol. The Kier molecular flexibility index (Phi) is 8.82. The van der Waals surface area contributed by atoms with Crippen molar-refractivity contribution >= 4 is 11.8 Å². The average Bonchev–Trinajstić information content (AvgIpc) is 2.73. The molecule has 0 bridgehead atoms. The highest BCUT2D eigenvalue weighted by Crippen LogP contribution is 2.39. The Morgan fingerprint density at radius 1 is 1.00 bits per heavy atom. The van der Waals surface area contributed by atoms with E-state index in [1.807, 2.05) is 26.1 Å². The van der Waals surface area contributed by atoms with E-state index in [-0.39, 0.29) is 18.4 Å². The Morgan fingerprint density at radius 3 is 1.97 bits per heavy atom. The van der Waals surface area contributed by atoms with E-state index >= 15 is 0 Å². The number of benzene rings is 1. The van der Waals surface area contributed by atoms with Crippen LogP contribution in [0.1, 0.15) is 44.0 Å². The van der Waals surface area contributed by atoms with Crippen molar-refractivity contribution in [1.29, 1.82) is 0 Å². The zero-order chi connectivity index (χ0) is 23.0. The lowest BCUT2D eigenvalue weighted by Crippen LogP contribution is -2.44. The van der Waals surface area contributed by atoms with Gasteiger partial charge in [0, 0.05) is 25.2 Å². The van der Waals surface area contributed by atoms with Gasteiger partial charge in [-0.25, -0.2) is 0 Å². The van der Waals surface area contributed by atoms with Gasteiger partial charge in [0.2, 0.25) is 5.75 Å². The first-order valence-corrected chi connectivity index (χ1v) is 10.4. The van der Waals surface area contributed by atoms with Crippen LogP contribution in [0.4, 0.5) is 13.2 Å². The molecule has 1 aliphatic rings. The number of alkyl halides is 3. The summed E-state index contributed by atoms with van der Waals surface area (Å²) in [6, 6.07) is 3.24.